The fraction of sp³-hybridized carbons (Fsp3) is 0.481. The van der Waals surface area contributed by atoms with Gasteiger partial charge in [-0.25, -0.2) is 9.67 Å². The summed E-state index contributed by atoms with van der Waals surface area (Å²) in [7, 11) is 0. The molecule has 1 atom stereocenters. The SMILES string of the molecule is CC#CCn1c(N2CCCC(N)C2)nc2c(C)nn(CC3=NCC(C)(C)Oc4ccccc43)c(=O)c21. The van der Waals surface area contributed by atoms with Crippen LogP contribution in [0, 0.1) is 18.8 Å². The van der Waals surface area contributed by atoms with Crippen molar-refractivity contribution in [3.8, 4) is 17.6 Å². The van der Waals surface area contributed by atoms with Crippen LogP contribution < -0.4 is 20.9 Å². The molecule has 1 unspecified atom stereocenters. The number of fused-ring (bicyclic) bond motifs is 2. The third-order valence-corrected chi connectivity index (χ3v) is 6.69. The van der Waals surface area contributed by atoms with Gasteiger partial charge in [0, 0.05) is 24.7 Å². The average molecular weight is 488 g/mol. The molecule has 0 aliphatic carbocycles. The molecule has 36 heavy (non-hydrogen) atoms. The third-order valence-electron chi connectivity index (χ3n) is 6.69. The Bertz CT molecular complexity index is 1450. The molecule has 1 aromatic carbocycles. The molecule has 0 saturated carbocycles. The highest BCUT2D eigenvalue weighted by atomic mass is 16.5. The lowest BCUT2D eigenvalue weighted by Gasteiger charge is -2.31. The Morgan fingerprint density at radius 3 is 2.86 bits per heavy atom. The van der Waals surface area contributed by atoms with Crippen molar-refractivity contribution in [2.24, 2.45) is 10.7 Å². The molecule has 0 bridgehead atoms. The minimum atomic E-state index is -0.447. The van der Waals surface area contributed by atoms with E-state index in [1.165, 1.54) is 4.68 Å². The Labute approximate surface area is 211 Å². The summed E-state index contributed by atoms with van der Waals surface area (Å²) < 4.78 is 9.63. The predicted octanol–water partition coefficient (Wildman–Crippen LogP) is 2.51. The Kier molecular flexibility index (Phi) is 6.31. The lowest BCUT2D eigenvalue weighted by Crippen LogP contribution is -2.44. The monoisotopic (exact) mass is 487 g/mol. The molecule has 0 radical (unpaired) electrons. The zero-order valence-electron chi connectivity index (χ0n) is 21.4. The van der Waals surface area contributed by atoms with Crippen molar-refractivity contribution >= 4 is 22.7 Å². The van der Waals surface area contributed by atoms with E-state index in [9.17, 15) is 4.79 Å². The van der Waals surface area contributed by atoms with E-state index in [0.717, 1.165) is 42.4 Å². The lowest BCUT2D eigenvalue weighted by molar-refractivity contribution is 0.121. The van der Waals surface area contributed by atoms with Crippen LogP contribution in [0.1, 0.15) is 44.9 Å². The van der Waals surface area contributed by atoms with E-state index < -0.39 is 5.60 Å². The Morgan fingerprint density at radius 1 is 1.28 bits per heavy atom. The van der Waals surface area contributed by atoms with Gasteiger partial charge in [0.15, 0.2) is 0 Å². The number of piperidine rings is 1. The highest BCUT2D eigenvalue weighted by Gasteiger charge is 2.28. The maximum Gasteiger partial charge on any atom is 0.293 e. The number of nitrogens with zero attached hydrogens (tertiary/aromatic N) is 6. The molecule has 2 aliphatic rings. The summed E-state index contributed by atoms with van der Waals surface area (Å²) in [6, 6.07) is 7.90. The number of ether oxygens (including phenoxy) is 1. The van der Waals surface area contributed by atoms with Gasteiger partial charge in [0.25, 0.3) is 5.56 Å². The van der Waals surface area contributed by atoms with Crippen LogP contribution in [-0.4, -0.2) is 56.3 Å². The molecule has 188 valence electrons. The molecular formula is C27H33N7O2. The van der Waals surface area contributed by atoms with Gasteiger partial charge in [-0.05, 0) is 52.7 Å². The smallest absolute Gasteiger partial charge is 0.293 e. The van der Waals surface area contributed by atoms with Crippen LogP contribution in [0.15, 0.2) is 34.1 Å². The molecule has 2 N–H and O–H groups in total. The first-order valence-electron chi connectivity index (χ1n) is 12.5. The molecule has 2 aliphatic heterocycles. The maximum atomic E-state index is 13.9. The van der Waals surface area contributed by atoms with Gasteiger partial charge in [-0.3, -0.25) is 14.4 Å². The molecule has 4 heterocycles. The van der Waals surface area contributed by atoms with Crippen LogP contribution in [0.2, 0.25) is 0 Å². The Balaban J connectivity index is 1.63. The molecule has 1 fully saturated rings. The summed E-state index contributed by atoms with van der Waals surface area (Å²) in [5.41, 5.74) is 9.06. The van der Waals surface area contributed by atoms with Gasteiger partial charge < -0.3 is 15.4 Å². The van der Waals surface area contributed by atoms with Crippen molar-refractivity contribution < 1.29 is 4.74 Å². The summed E-state index contributed by atoms with van der Waals surface area (Å²) in [6.07, 6.45) is 1.98. The van der Waals surface area contributed by atoms with Crippen LogP contribution >= 0.6 is 0 Å². The van der Waals surface area contributed by atoms with Crippen molar-refractivity contribution in [3.63, 3.8) is 0 Å². The molecule has 0 amide bonds. The van der Waals surface area contributed by atoms with E-state index in [1.807, 2.05) is 49.6 Å². The number of rotatable bonds is 4. The fourth-order valence-electron chi connectivity index (χ4n) is 4.93. The molecular weight excluding hydrogens is 454 g/mol. The summed E-state index contributed by atoms with van der Waals surface area (Å²) in [6.45, 7) is 10.4. The van der Waals surface area contributed by atoms with E-state index >= 15 is 0 Å². The van der Waals surface area contributed by atoms with Gasteiger partial charge in [-0.2, -0.15) is 5.10 Å². The van der Waals surface area contributed by atoms with Crippen LogP contribution in [0.25, 0.3) is 11.0 Å². The quantitative estimate of drug-likeness (QED) is 0.567. The lowest BCUT2D eigenvalue weighted by atomic mass is 10.1. The number of para-hydroxylation sites is 1. The molecule has 1 saturated heterocycles. The molecule has 5 rings (SSSR count). The zero-order chi connectivity index (χ0) is 25.4. The molecule has 9 heteroatoms. The van der Waals surface area contributed by atoms with Gasteiger partial charge in [-0.15, -0.1) is 5.92 Å². The number of nitrogens with two attached hydrogens (primary N) is 1. The molecule has 9 nitrogen and oxygen atoms in total. The number of aryl methyl sites for hydroxylation is 1. The third kappa shape index (κ3) is 4.49. The number of imidazole rings is 1. The number of benzene rings is 1. The van der Waals surface area contributed by atoms with Crippen molar-refractivity contribution in [2.75, 3.05) is 24.5 Å². The van der Waals surface area contributed by atoms with Crippen molar-refractivity contribution in [1.29, 1.82) is 0 Å². The second-order valence-electron chi connectivity index (χ2n) is 10.1. The van der Waals surface area contributed by atoms with Crippen LogP contribution in [-0.2, 0) is 13.1 Å². The second-order valence-corrected chi connectivity index (χ2v) is 10.1. The van der Waals surface area contributed by atoms with Crippen LogP contribution in [0.5, 0.6) is 5.75 Å². The number of aromatic nitrogens is 4. The summed E-state index contributed by atoms with van der Waals surface area (Å²) in [4.78, 5) is 25.8. The fourth-order valence-corrected chi connectivity index (χ4v) is 4.93. The van der Waals surface area contributed by atoms with Crippen molar-refractivity contribution in [2.45, 2.75) is 65.3 Å². The van der Waals surface area contributed by atoms with Gasteiger partial charge in [-0.1, -0.05) is 18.1 Å². The average Bonchev–Trinajstić information content (AvgIpc) is 3.18. The first kappa shape index (κ1) is 24.1. The standard InChI is InChI=1S/C27H33N7O2/c1-5-6-14-33-24-23(30-26(33)32-13-9-10-19(28)15-32)18(2)31-34(25(24)35)16-21-20-11-7-8-12-22(20)36-27(3,4)17-29-21/h7-8,11-12,19H,9-10,13-17,28H2,1-4H3. The summed E-state index contributed by atoms with van der Waals surface area (Å²) in [5.74, 6) is 7.56. The van der Waals surface area contributed by atoms with Gasteiger partial charge in [0.2, 0.25) is 5.95 Å². The maximum absolute atomic E-state index is 13.9. The highest BCUT2D eigenvalue weighted by molar-refractivity contribution is 6.03. The Morgan fingerprint density at radius 2 is 2.08 bits per heavy atom. The second kappa shape index (κ2) is 9.43. The topological polar surface area (TPSA) is 104 Å². The van der Waals surface area contributed by atoms with E-state index in [1.54, 1.807) is 6.92 Å². The number of hydrogen-bond donors (Lipinski definition) is 1. The summed E-state index contributed by atoms with van der Waals surface area (Å²) >= 11 is 0. The molecule has 3 aromatic rings. The molecule has 0 spiro atoms. The minimum Gasteiger partial charge on any atom is -0.485 e. The van der Waals surface area contributed by atoms with Crippen LogP contribution in [0.3, 0.4) is 0 Å². The highest BCUT2D eigenvalue weighted by Crippen LogP contribution is 2.28. The first-order chi connectivity index (χ1) is 17.3. The van der Waals surface area contributed by atoms with E-state index in [0.29, 0.717) is 36.4 Å². The van der Waals surface area contributed by atoms with Crippen LogP contribution in [0.4, 0.5) is 5.95 Å². The van der Waals surface area contributed by atoms with E-state index in [4.69, 9.17) is 20.4 Å². The Hall–Kier alpha value is -3.64. The minimum absolute atomic E-state index is 0.0833. The van der Waals surface area contributed by atoms with Gasteiger partial charge >= 0.3 is 0 Å². The normalized spacial score (nSPS) is 19.1. The van der Waals surface area contributed by atoms with E-state index in [2.05, 4.69) is 21.8 Å². The number of hydrogen-bond acceptors (Lipinski definition) is 7. The van der Waals surface area contributed by atoms with Gasteiger partial charge in [0.05, 0.1) is 31.0 Å². The number of aliphatic imine (C=N–C) groups is 1. The van der Waals surface area contributed by atoms with Crippen molar-refractivity contribution in [1.82, 2.24) is 19.3 Å². The van der Waals surface area contributed by atoms with E-state index in [-0.39, 0.29) is 18.1 Å². The van der Waals surface area contributed by atoms with Gasteiger partial charge in [0.1, 0.15) is 22.4 Å². The molecule has 2 aromatic heterocycles. The first-order valence-corrected chi connectivity index (χ1v) is 12.5. The van der Waals surface area contributed by atoms with Crippen molar-refractivity contribution in [3.05, 3.63) is 45.9 Å². The number of anilines is 1. The predicted molar refractivity (Wildman–Crippen MR) is 142 cm³/mol. The zero-order valence-corrected chi connectivity index (χ0v) is 21.4. The summed E-state index contributed by atoms with van der Waals surface area (Å²) in [5, 5.41) is 4.66. The largest absolute Gasteiger partial charge is 0.485 e.